The van der Waals surface area contributed by atoms with Gasteiger partial charge in [0.05, 0.1) is 41.2 Å². The van der Waals surface area contributed by atoms with E-state index in [0.717, 1.165) is 54.6 Å². The van der Waals surface area contributed by atoms with Crippen LogP contribution < -0.4 is 0 Å². The van der Waals surface area contributed by atoms with E-state index < -0.39 is 6.29 Å². The van der Waals surface area contributed by atoms with E-state index >= 15 is 0 Å². The molecule has 0 amide bonds. The normalized spacial score (nSPS) is 38.0. The van der Waals surface area contributed by atoms with Gasteiger partial charge >= 0.3 is 5.97 Å². The molecule has 0 radical (unpaired) electrons. The summed E-state index contributed by atoms with van der Waals surface area (Å²) in [5, 5.41) is 5.69. The number of nitrogens with zero attached hydrogens (tertiary/aromatic N) is 2. The summed E-state index contributed by atoms with van der Waals surface area (Å²) in [5.41, 5.74) is 4.09. The average Bonchev–Trinajstić information content (AvgIpc) is 3.75. The Morgan fingerprint density at radius 2 is 1.75 bits per heavy atom. The summed E-state index contributed by atoms with van der Waals surface area (Å²) in [5.74, 6) is 0.551. The summed E-state index contributed by atoms with van der Waals surface area (Å²) in [4.78, 5) is 12.4. The minimum Gasteiger partial charge on any atom is -0.458 e. The molecule has 0 bridgehead atoms. The van der Waals surface area contributed by atoms with Crippen LogP contribution in [0.15, 0.2) is 72.4 Å². The number of para-hydroxylation sites is 1. The van der Waals surface area contributed by atoms with Crippen molar-refractivity contribution in [2.24, 2.45) is 22.7 Å². The summed E-state index contributed by atoms with van der Waals surface area (Å²) >= 11 is 6.23. The van der Waals surface area contributed by atoms with Crippen LogP contribution in [-0.2, 0) is 23.7 Å². The maximum atomic E-state index is 12.4. The van der Waals surface area contributed by atoms with Crippen LogP contribution in [0.1, 0.15) is 64.7 Å². The van der Waals surface area contributed by atoms with Gasteiger partial charge in [-0.25, -0.2) is 9.48 Å². The maximum absolute atomic E-state index is 12.4. The van der Waals surface area contributed by atoms with Crippen molar-refractivity contribution in [3.8, 4) is 16.9 Å². The number of cyclic esters (lactones) is 1. The van der Waals surface area contributed by atoms with E-state index in [2.05, 4.69) is 20.8 Å². The first-order chi connectivity index (χ1) is 21.2. The van der Waals surface area contributed by atoms with Crippen molar-refractivity contribution < 1.29 is 23.7 Å². The molecule has 44 heavy (non-hydrogen) atoms. The molecule has 8 heteroatoms. The lowest BCUT2D eigenvalue weighted by Crippen LogP contribution is -2.63. The molecule has 4 fully saturated rings. The number of halogens is 1. The summed E-state index contributed by atoms with van der Waals surface area (Å²) in [6, 6.07) is 17.9. The molecule has 3 aromatic rings. The van der Waals surface area contributed by atoms with Gasteiger partial charge in [0.1, 0.15) is 12.3 Å². The molecule has 3 aliphatic heterocycles. The third-order valence-corrected chi connectivity index (χ3v) is 11.9. The fourth-order valence-corrected chi connectivity index (χ4v) is 9.63. The van der Waals surface area contributed by atoms with Crippen molar-refractivity contribution in [3.63, 3.8) is 0 Å². The largest absolute Gasteiger partial charge is 0.458 e. The summed E-state index contributed by atoms with van der Waals surface area (Å²) in [6.45, 7) is 8.07. The minimum atomic E-state index is -0.520. The number of fused-ring (bicyclic) bond motifs is 5. The van der Waals surface area contributed by atoms with Crippen LogP contribution in [0, 0.1) is 22.7 Å². The van der Waals surface area contributed by atoms with Gasteiger partial charge in [-0.2, -0.15) is 5.10 Å². The smallest absolute Gasteiger partial charge is 0.336 e. The number of hydrogen-bond donors (Lipinski definition) is 0. The monoisotopic (exact) mass is 614 g/mol. The number of rotatable bonds is 4. The zero-order valence-corrected chi connectivity index (χ0v) is 26.3. The van der Waals surface area contributed by atoms with Gasteiger partial charge in [-0.05, 0) is 86.6 Å². The predicted molar refractivity (Wildman–Crippen MR) is 166 cm³/mol. The molecule has 8 rings (SSSR count). The van der Waals surface area contributed by atoms with E-state index in [1.54, 1.807) is 0 Å². The highest BCUT2D eigenvalue weighted by Gasteiger charge is 2.66. The quantitative estimate of drug-likeness (QED) is 0.284. The van der Waals surface area contributed by atoms with Crippen LogP contribution >= 0.6 is 11.6 Å². The van der Waals surface area contributed by atoms with Crippen molar-refractivity contribution in [1.82, 2.24) is 9.78 Å². The Morgan fingerprint density at radius 1 is 0.955 bits per heavy atom. The topological polar surface area (TPSA) is 71.8 Å². The average molecular weight is 615 g/mol. The zero-order chi connectivity index (χ0) is 30.3. The first-order valence-electron chi connectivity index (χ1n) is 15.9. The second kappa shape index (κ2) is 10.3. The molecule has 0 spiro atoms. The van der Waals surface area contributed by atoms with Crippen molar-refractivity contribution in [2.75, 3.05) is 13.2 Å². The van der Waals surface area contributed by atoms with Crippen LogP contribution in [0.3, 0.4) is 0 Å². The van der Waals surface area contributed by atoms with Gasteiger partial charge in [-0.15, -0.1) is 0 Å². The number of carbonyl (C=O) groups is 1. The first-order valence-corrected chi connectivity index (χ1v) is 16.3. The summed E-state index contributed by atoms with van der Waals surface area (Å²) in [6.07, 6.45) is 8.19. The molecule has 1 aromatic heterocycles. The molecule has 0 N–H and O–H groups in total. The minimum absolute atomic E-state index is 0.0578. The van der Waals surface area contributed by atoms with Crippen LogP contribution in [0.4, 0.5) is 0 Å². The fourth-order valence-electron chi connectivity index (χ4n) is 9.51. The molecule has 8 atom stereocenters. The van der Waals surface area contributed by atoms with Gasteiger partial charge in [0.15, 0.2) is 6.29 Å². The second-order valence-electron chi connectivity index (χ2n) is 14.1. The predicted octanol–water partition coefficient (Wildman–Crippen LogP) is 7.47. The van der Waals surface area contributed by atoms with Gasteiger partial charge in [0.25, 0.3) is 0 Å². The number of esters is 1. The fraction of sp³-hybridized carbons (Fsp3) is 0.500. The molecule has 2 saturated carbocycles. The lowest BCUT2D eigenvalue weighted by Gasteiger charge is -2.64. The molecular formula is C36H39ClN2O5. The molecule has 2 aliphatic carbocycles. The molecule has 2 aromatic carbocycles. The lowest BCUT2D eigenvalue weighted by atomic mass is 9.44. The molecule has 5 aliphatic rings. The number of hydrogen-bond acceptors (Lipinski definition) is 6. The van der Waals surface area contributed by atoms with Crippen LogP contribution in [0.5, 0.6) is 0 Å². The van der Waals surface area contributed by atoms with Gasteiger partial charge in [0, 0.05) is 22.2 Å². The van der Waals surface area contributed by atoms with Gasteiger partial charge in [0.2, 0.25) is 0 Å². The third-order valence-electron chi connectivity index (χ3n) is 11.7. The highest BCUT2D eigenvalue weighted by atomic mass is 35.5. The number of carbonyl (C=O) groups excluding carboxylic acids is 1. The number of benzene rings is 2. The van der Waals surface area contributed by atoms with Gasteiger partial charge in [-0.3, -0.25) is 0 Å². The highest BCUT2D eigenvalue weighted by Crippen LogP contribution is 2.67. The van der Waals surface area contributed by atoms with E-state index in [0.29, 0.717) is 35.6 Å². The maximum Gasteiger partial charge on any atom is 0.336 e. The molecular weight excluding hydrogens is 576 g/mol. The Bertz CT molecular complexity index is 1620. The standard InChI is InChI=1S/C36H39ClN2O5/c1-34-16-14-30-35(2,28(34)13-17-36(3)29(34)19-27(44-36)25-15-18-41-32(25)40)21-42-33(43-30)26-20-39(24-7-5-4-6-8-24)38-31(26)22-9-11-23(37)12-10-22/h4-12,15,20,27-30,33H,13-14,16-19,21H2,1-3H3/t27?,28-,29-,30+,33?,34+,35-,36?/m0/s1. The van der Waals surface area contributed by atoms with Crippen molar-refractivity contribution in [2.45, 2.75) is 77.0 Å². The lowest BCUT2D eigenvalue weighted by molar-refractivity contribution is -0.314. The van der Waals surface area contributed by atoms with Crippen LogP contribution in [-0.4, -0.2) is 46.8 Å². The number of ether oxygens (including phenoxy) is 4. The van der Waals surface area contributed by atoms with Gasteiger partial charge in [-0.1, -0.05) is 55.8 Å². The van der Waals surface area contributed by atoms with Crippen molar-refractivity contribution in [1.29, 1.82) is 0 Å². The molecule has 3 unspecified atom stereocenters. The van der Waals surface area contributed by atoms with E-state index in [4.69, 9.17) is 35.6 Å². The Labute approximate surface area is 263 Å². The summed E-state index contributed by atoms with van der Waals surface area (Å²) < 4.78 is 27.5. The Hall–Kier alpha value is -2.97. The van der Waals surface area contributed by atoms with Crippen LogP contribution in [0.25, 0.3) is 16.9 Å². The first kappa shape index (κ1) is 28.5. The van der Waals surface area contributed by atoms with E-state index in [9.17, 15) is 4.79 Å². The second-order valence-corrected chi connectivity index (χ2v) is 14.5. The SMILES string of the molecule is CC12CC[C@@H]3[C@]4(C)COC(c5cn(-c6ccccc6)nc5-c5ccc(Cl)cc5)O[C@@H]4CC[C@@]3(C)[C@@H]1CC(C1=CCOC1=O)O2. The van der Waals surface area contributed by atoms with E-state index in [1.165, 1.54) is 0 Å². The van der Waals surface area contributed by atoms with Crippen molar-refractivity contribution >= 4 is 17.6 Å². The Morgan fingerprint density at radius 3 is 2.50 bits per heavy atom. The Kier molecular flexibility index (Phi) is 6.66. The Balaban J connectivity index is 1.08. The highest BCUT2D eigenvalue weighted by molar-refractivity contribution is 6.30. The van der Waals surface area contributed by atoms with E-state index in [1.807, 2.05) is 71.6 Å². The van der Waals surface area contributed by atoms with Crippen LogP contribution in [0.2, 0.25) is 5.02 Å². The molecule has 4 heterocycles. The number of aromatic nitrogens is 2. The third kappa shape index (κ3) is 4.34. The zero-order valence-electron chi connectivity index (χ0n) is 25.5. The molecule has 230 valence electrons. The molecule has 7 nitrogen and oxygen atoms in total. The van der Waals surface area contributed by atoms with Gasteiger partial charge < -0.3 is 18.9 Å². The molecule has 2 saturated heterocycles. The van der Waals surface area contributed by atoms with E-state index in [-0.39, 0.29) is 34.6 Å². The van der Waals surface area contributed by atoms with Crippen molar-refractivity contribution in [3.05, 3.63) is 83.0 Å². The summed E-state index contributed by atoms with van der Waals surface area (Å²) in [7, 11) is 0.